The summed E-state index contributed by atoms with van der Waals surface area (Å²) in [6.07, 6.45) is 0.754. The molecule has 0 bridgehead atoms. The van der Waals surface area contributed by atoms with E-state index in [1.807, 2.05) is 0 Å². The molecule has 2 atom stereocenters. The van der Waals surface area contributed by atoms with E-state index in [4.69, 9.17) is 19.6 Å². The van der Waals surface area contributed by atoms with Gasteiger partial charge in [-0.25, -0.2) is 0 Å². The normalized spacial score (nSPS) is 24.9. The molecule has 1 fully saturated rings. The van der Waals surface area contributed by atoms with Crippen molar-refractivity contribution in [2.75, 3.05) is 0 Å². The van der Waals surface area contributed by atoms with E-state index in [0.717, 1.165) is 11.8 Å². The summed E-state index contributed by atoms with van der Waals surface area (Å²) in [5.41, 5.74) is 0. The van der Waals surface area contributed by atoms with Crippen LogP contribution >= 0.6 is 27.0 Å². The maximum atomic E-state index is 11.2. The Morgan fingerprint density at radius 1 is 1.20 bits per heavy atom. The van der Waals surface area contributed by atoms with Crippen molar-refractivity contribution in [1.82, 2.24) is 0 Å². The second-order valence-electron chi connectivity index (χ2n) is 4.98. The second kappa shape index (κ2) is 6.18. The van der Waals surface area contributed by atoms with Crippen molar-refractivity contribution in [3.05, 3.63) is 0 Å². The summed E-state index contributed by atoms with van der Waals surface area (Å²) in [5.74, 6) is -0.447. The van der Waals surface area contributed by atoms with Crippen LogP contribution in [0.25, 0.3) is 0 Å². The van der Waals surface area contributed by atoms with E-state index in [-0.39, 0.29) is 10.4 Å². The van der Waals surface area contributed by atoms with Gasteiger partial charge in [0.25, 0.3) is 5.08 Å². The van der Waals surface area contributed by atoms with Crippen LogP contribution in [-0.2, 0) is 13.9 Å². The van der Waals surface area contributed by atoms with Gasteiger partial charge < -0.3 is 24.7 Å². The average Bonchev–Trinajstić information content (AvgIpc) is 2.60. The van der Waals surface area contributed by atoms with E-state index >= 15 is 0 Å². The van der Waals surface area contributed by atoms with E-state index < -0.39 is 32.6 Å². The smallest absolute Gasteiger partial charge is 0.368 e. The van der Waals surface area contributed by atoms with Gasteiger partial charge in [-0.15, -0.1) is 0 Å². The first-order valence-electron chi connectivity index (χ1n) is 5.87. The molecule has 11 heteroatoms. The van der Waals surface area contributed by atoms with Gasteiger partial charge in [0.1, 0.15) is 0 Å². The molecule has 1 saturated carbocycles. The number of rotatable bonds is 5. The minimum absolute atomic E-state index is 0.0460. The van der Waals surface area contributed by atoms with E-state index in [0.29, 0.717) is 19.3 Å². The predicted octanol–water partition coefficient (Wildman–Crippen LogP) is 0.826. The molecule has 8 nitrogen and oxygen atoms in total. The first-order valence-corrected chi connectivity index (χ1v) is 9.98. The molecule has 2 unspecified atom stereocenters. The van der Waals surface area contributed by atoms with Gasteiger partial charge in [0.2, 0.25) is 0 Å². The van der Waals surface area contributed by atoms with Gasteiger partial charge in [0.15, 0.2) is 5.12 Å². The molecule has 1 rings (SSSR count). The van der Waals surface area contributed by atoms with Gasteiger partial charge in [-0.1, -0.05) is 11.8 Å². The quantitative estimate of drug-likeness (QED) is 0.455. The Bertz CT molecular complexity index is 447. The Morgan fingerprint density at radius 2 is 1.70 bits per heavy atom. The van der Waals surface area contributed by atoms with Crippen LogP contribution in [0, 0.1) is 5.92 Å². The summed E-state index contributed by atoms with van der Waals surface area (Å²) in [6, 6.07) is 0. The fraction of sp³-hybridized carbons (Fsp3) is 0.889. The second-order valence-corrected chi connectivity index (χ2v) is 10.5. The molecule has 0 amide bonds. The van der Waals surface area contributed by atoms with Gasteiger partial charge in [-0.05, 0) is 25.2 Å². The third-order valence-electron chi connectivity index (χ3n) is 3.32. The van der Waals surface area contributed by atoms with Crippen LogP contribution in [0.4, 0.5) is 0 Å². The highest BCUT2D eigenvalue weighted by atomic mass is 32.2. The SMILES string of the molecule is CC(=O)SC1CCC(CC(O)(P(=O)(O)O)P(=O)(O)O)C1. The molecule has 0 saturated heterocycles. The zero-order valence-electron chi connectivity index (χ0n) is 10.7. The molecule has 20 heavy (non-hydrogen) atoms. The molecule has 0 aromatic rings. The standard InChI is InChI=1S/C9H18O8P2S/c1-6(10)20-8-3-2-7(4-8)5-9(11,18(12,13)14)19(15,16)17/h7-8,11H,2-5H2,1H3,(H2,12,13,14)(H2,15,16,17). The third-order valence-corrected chi connectivity index (χ3v) is 8.21. The fourth-order valence-corrected chi connectivity index (χ4v) is 5.79. The Kier molecular flexibility index (Phi) is 5.67. The van der Waals surface area contributed by atoms with E-state index in [2.05, 4.69) is 0 Å². The van der Waals surface area contributed by atoms with Crippen molar-refractivity contribution in [3.8, 4) is 0 Å². The van der Waals surface area contributed by atoms with Crippen LogP contribution in [0.15, 0.2) is 0 Å². The number of aliphatic hydroxyl groups is 1. The lowest BCUT2D eigenvalue weighted by Crippen LogP contribution is -2.31. The number of hydrogen-bond donors (Lipinski definition) is 5. The largest absolute Gasteiger partial charge is 0.369 e. The number of hydrogen-bond acceptors (Lipinski definition) is 5. The molecule has 5 N–H and O–H groups in total. The molecule has 0 radical (unpaired) electrons. The van der Waals surface area contributed by atoms with Gasteiger partial charge in [0, 0.05) is 18.6 Å². The van der Waals surface area contributed by atoms with Crippen LogP contribution in [0.1, 0.15) is 32.6 Å². The molecule has 0 aromatic carbocycles. The van der Waals surface area contributed by atoms with E-state index in [9.17, 15) is 19.0 Å². The van der Waals surface area contributed by atoms with E-state index in [1.54, 1.807) is 0 Å². The summed E-state index contributed by atoms with van der Waals surface area (Å²) in [6.45, 7) is 1.40. The predicted molar refractivity (Wildman–Crippen MR) is 73.1 cm³/mol. The van der Waals surface area contributed by atoms with Crippen LogP contribution in [0.5, 0.6) is 0 Å². The van der Waals surface area contributed by atoms with Crippen molar-refractivity contribution in [2.24, 2.45) is 5.92 Å². The van der Waals surface area contributed by atoms with Crippen molar-refractivity contribution in [2.45, 2.75) is 42.9 Å². The molecule has 0 spiro atoms. The molecule has 1 aliphatic carbocycles. The van der Waals surface area contributed by atoms with Crippen LogP contribution in [0.2, 0.25) is 0 Å². The lowest BCUT2D eigenvalue weighted by Gasteiger charge is -2.31. The molecule has 118 valence electrons. The number of thioether (sulfide) groups is 1. The van der Waals surface area contributed by atoms with Crippen molar-refractivity contribution < 1.29 is 38.6 Å². The highest BCUT2D eigenvalue weighted by Gasteiger charge is 2.60. The number of carbonyl (C=O) groups is 1. The van der Waals surface area contributed by atoms with Gasteiger partial charge in [0.05, 0.1) is 0 Å². The molecule has 0 heterocycles. The zero-order valence-corrected chi connectivity index (χ0v) is 13.4. The lowest BCUT2D eigenvalue weighted by atomic mass is 10.1. The van der Waals surface area contributed by atoms with Crippen molar-refractivity contribution in [1.29, 1.82) is 0 Å². The Morgan fingerprint density at radius 3 is 2.10 bits per heavy atom. The average molecular weight is 348 g/mol. The zero-order chi connectivity index (χ0) is 15.8. The summed E-state index contributed by atoms with van der Waals surface area (Å²) in [4.78, 5) is 47.2. The summed E-state index contributed by atoms with van der Waals surface area (Å²) >= 11 is 1.10. The number of carbonyl (C=O) groups excluding carboxylic acids is 1. The molecular formula is C9H18O8P2S. The summed E-state index contributed by atoms with van der Waals surface area (Å²) in [7, 11) is -10.8. The third kappa shape index (κ3) is 4.15. The minimum atomic E-state index is -5.39. The highest BCUT2D eigenvalue weighted by Crippen LogP contribution is 2.70. The maximum absolute atomic E-state index is 11.2. The first-order chi connectivity index (χ1) is 8.87. The molecule has 0 aromatic heterocycles. The van der Waals surface area contributed by atoms with Gasteiger partial charge in [-0.2, -0.15) is 0 Å². The summed E-state index contributed by atoms with van der Waals surface area (Å²) in [5, 5.41) is 6.33. The van der Waals surface area contributed by atoms with Crippen LogP contribution in [0.3, 0.4) is 0 Å². The minimum Gasteiger partial charge on any atom is -0.368 e. The van der Waals surface area contributed by atoms with Crippen molar-refractivity contribution >= 4 is 32.1 Å². The molecular weight excluding hydrogens is 330 g/mol. The van der Waals surface area contributed by atoms with Gasteiger partial charge in [-0.3, -0.25) is 13.9 Å². The van der Waals surface area contributed by atoms with Gasteiger partial charge >= 0.3 is 15.2 Å². The Hall–Kier alpha value is 0.280. The molecule has 0 aliphatic heterocycles. The monoisotopic (exact) mass is 348 g/mol. The summed E-state index contributed by atoms with van der Waals surface area (Å²) < 4.78 is 22.5. The Labute approximate surface area is 120 Å². The maximum Gasteiger partial charge on any atom is 0.369 e. The topological polar surface area (TPSA) is 152 Å². The van der Waals surface area contributed by atoms with E-state index in [1.165, 1.54) is 6.92 Å². The Balaban J connectivity index is 2.82. The highest BCUT2D eigenvalue weighted by molar-refractivity contribution is 8.14. The van der Waals surface area contributed by atoms with Crippen molar-refractivity contribution in [3.63, 3.8) is 0 Å². The van der Waals surface area contributed by atoms with Crippen LogP contribution in [-0.4, -0.2) is 40.1 Å². The molecule has 1 aliphatic rings. The first kappa shape index (κ1) is 18.3. The fourth-order valence-electron chi connectivity index (χ4n) is 2.35. The van der Waals surface area contributed by atoms with Crippen LogP contribution < -0.4 is 0 Å². The lowest BCUT2D eigenvalue weighted by molar-refractivity contribution is -0.109.